The Bertz CT molecular complexity index is 3170. The molecule has 0 bridgehead atoms. The van der Waals surface area contributed by atoms with E-state index in [9.17, 15) is 0 Å². The lowest BCUT2D eigenvalue weighted by molar-refractivity contribution is 0.619. The van der Waals surface area contributed by atoms with Gasteiger partial charge in [-0.3, -0.25) is 0 Å². The summed E-state index contributed by atoms with van der Waals surface area (Å²) in [4.78, 5) is 7.34. The zero-order chi connectivity index (χ0) is 35.6. The molecule has 5 heteroatoms. The fraction of sp³-hybridized carbons (Fsp3) is 0. The third-order valence-corrected chi connectivity index (χ3v) is 10.3. The second kappa shape index (κ2) is 12.1. The standard InChI is InChI=1S/C49H30N2O3/c1-2-10-31(11-3-1)33-12-8-13-36(28-33)51(37-25-27-45-42(30-37)40-15-5-7-18-44(40)52-45)35-23-20-32(21-24-35)38-16-9-19-46-48(38)50-49(54-46)34-22-26-41-39-14-4-6-17-43(39)53-47(41)29-34/h1-30H. The van der Waals surface area contributed by atoms with Gasteiger partial charge in [-0.05, 0) is 95.6 Å². The minimum Gasteiger partial charge on any atom is -0.456 e. The van der Waals surface area contributed by atoms with E-state index in [0.717, 1.165) is 94.3 Å². The molecule has 0 atom stereocenters. The van der Waals surface area contributed by atoms with Gasteiger partial charge >= 0.3 is 0 Å². The molecule has 11 aromatic rings. The van der Waals surface area contributed by atoms with Gasteiger partial charge in [-0.15, -0.1) is 0 Å². The molecule has 254 valence electrons. The van der Waals surface area contributed by atoms with Crippen LogP contribution in [0.1, 0.15) is 0 Å². The molecule has 3 aromatic heterocycles. The van der Waals surface area contributed by atoms with E-state index in [1.165, 1.54) is 5.56 Å². The van der Waals surface area contributed by atoms with Crippen LogP contribution >= 0.6 is 0 Å². The first-order valence-electron chi connectivity index (χ1n) is 18.0. The first-order valence-corrected chi connectivity index (χ1v) is 18.0. The average molecular weight is 695 g/mol. The van der Waals surface area contributed by atoms with Gasteiger partial charge in [0.15, 0.2) is 5.58 Å². The molecule has 0 aliphatic carbocycles. The molecule has 3 heterocycles. The predicted molar refractivity (Wildman–Crippen MR) is 220 cm³/mol. The molecule has 0 saturated heterocycles. The lowest BCUT2D eigenvalue weighted by Gasteiger charge is -2.26. The van der Waals surface area contributed by atoms with Gasteiger partial charge in [0.25, 0.3) is 0 Å². The third-order valence-electron chi connectivity index (χ3n) is 10.3. The van der Waals surface area contributed by atoms with E-state index in [2.05, 4.69) is 132 Å². The Hall–Kier alpha value is -7.37. The van der Waals surface area contributed by atoms with E-state index in [-0.39, 0.29) is 0 Å². The fourth-order valence-electron chi connectivity index (χ4n) is 7.71. The van der Waals surface area contributed by atoms with Crippen molar-refractivity contribution in [1.29, 1.82) is 0 Å². The molecular formula is C49H30N2O3. The van der Waals surface area contributed by atoms with E-state index in [0.29, 0.717) is 5.89 Å². The lowest BCUT2D eigenvalue weighted by Crippen LogP contribution is -2.10. The zero-order valence-electron chi connectivity index (χ0n) is 28.9. The second-order valence-electron chi connectivity index (χ2n) is 13.6. The van der Waals surface area contributed by atoms with E-state index < -0.39 is 0 Å². The lowest BCUT2D eigenvalue weighted by atomic mass is 10.0. The number of hydrogen-bond donors (Lipinski definition) is 0. The average Bonchev–Trinajstić information content (AvgIpc) is 3.95. The highest BCUT2D eigenvalue weighted by Crippen LogP contribution is 2.41. The Balaban J connectivity index is 1.00. The van der Waals surface area contributed by atoms with Gasteiger partial charge in [-0.1, -0.05) is 103 Å². The molecule has 0 fully saturated rings. The summed E-state index contributed by atoms with van der Waals surface area (Å²) < 4.78 is 18.7. The van der Waals surface area contributed by atoms with Crippen LogP contribution in [-0.2, 0) is 0 Å². The number of hydrogen-bond acceptors (Lipinski definition) is 5. The third kappa shape index (κ3) is 4.98. The summed E-state index contributed by atoms with van der Waals surface area (Å²) in [6, 6.07) is 62.9. The Labute approximate surface area is 309 Å². The normalized spacial score (nSPS) is 11.7. The van der Waals surface area contributed by atoms with Crippen molar-refractivity contribution in [2.45, 2.75) is 0 Å². The topological polar surface area (TPSA) is 55.6 Å². The van der Waals surface area contributed by atoms with Crippen LogP contribution < -0.4 is 4.90 Å². The van der Waals surface area contributed by atoms with Crippen LogP contribution in [0.3, 0.4) is 0 Å². The van der Waals surface area contributed by atoms with Crippen LogP contribution in [0, 0.1) is 0 Å². The maximum atomic E-state index is 6.35. The molecule has 11 rings (SSSR count). The summed E-state index contributed by atoms with van der Waals surface area (Å²) in [6.45, 7) is 0. The van der Waals surface area contributed by atoms with Gasteiger partial charge in [0.1, 0.15) is 27.8 Å². The van der Waals surface area contributed by atoms with Crippen molar-refractivity contribution < 1.29 is 13.3 Å². The summed E-state index contributed by atoms with van der Waals surface area (Å²) in [5.74, 6) is 0.558. The fourth-order valence-corrected chi connectivity index (χ4v) is 7.71. The quantitative estimate of drug-likeness (QED) is 0.173. The summed E-state index contributed by atoms with van der Waals surface area (Å²) in [5.41, 5.74) is 13.3. The second-order valence-corrected chi connectivity index (χ2v) is 13.6. The maximum absolute atomic E-state index is 6.35. The minimum absolute atomic E-state index is 0.558. The van der Waals surface area contributed by atoms with Crippen molar-refractivity contribution >= 4 is 72.0 Å². The van der Waals surface area contributed by atoms with Crippen molar-refractivity contribution in [3.05, 3.63) is 182 Å². The Kier molecular flexibility index (Phi) is 6.79. The first kappa shape index (κ1) is 30.3. The van der Waals surface area contributed by atoms with Crippen molar-refractivity contribution in [1.82, 2.24) is 4.98 Å². The Morgan fingerprint density at radius 2 is 0.944 bits per heavy atom. The number of para-hydroxylation sites is 3. The van der Waals surface area contributed by atoms with Crippen LogP contribution in [-0.4, -0.2) is 4.98 Å². The number of furan rings is 2. The van der Waals surface area contributed by atoms with Crippen molar-refractivity contribution in [2.75, 3.05) is 4.90 Å². The molecule has 0 amide bonds. The van der Waals surface area contributed by atoms with Gasteiger partial charge < -0.3 is 18.2 Å². The largest absolute Gasteiger partial charge is 0.456 e. The Morgan fingerprint density at radius 3 is 1.78 bits per heavy atom. The van der Waals surface area contributed by atoms with Crippen LogP contribution in [0.2, 0.25) is 0 Å². The van der Waals surface area contributed by atoms with Crippen molar-refractivity contribution in [2.24, 2.45) is 0 Å². The van der Waals surface area contributed by atoms with Gasteiger partial charge in [0.05, 0.1) is 0 Å². The minimum atomic E-state index is 0.558. The number of aromatic nitrogens is 1. The SMILES string of the molecule is c1ccc(-c2cccc(N(c3ccc(-c4cccc5oc(-c6ccc7c(c6)oc6ccccc67)nc45)cc3)c3ccc4oc5ccccc5c4c3)c2)cc1. The molecule has 0 radical (unpaired) electrons. The highest BCUT2D eigenvalue weighted by atomic mass is 16.4. The summed E-state index contributed by atoms with van der Waals surface area (Å²) in [6.07, 6.45) is 0. The molecule has 0 N–H and O–H groups in total. The highest BCUT2D eigenvalue weighted by Gasteiger charge is 2.19. The molecule has 0 saturated carbocycles. The molecule has 0 spiro atoms. The van der Waals surface area contributed by atoms with Crippen molar-refractivity contribution in [3.63, 3.8) is 0 Å². The number of nitrogens with zero attached hydrogens (tertiary/aromatic N) is 2. The van der Waals surface area contributed by atoms with Crippen LogP contribution in [0.15, 0.2) is 195 Å². The molecule has 0 unspecified atom stereocenters. The predicted octanol–water partition coefficient (Wildman–Crippen LogP) is 14.1. The van der Waals surface area contributed by atoms with E-state index >= 15 is 0 Å². The number of benzene rings is 8. The molecule has 5 nitrogen and oxygen atoms in total. The molecule has 0 aliphatic heterocycles. The highest BCUT2D eigenvalue weighted by molar-refractivity contribution is 6.07. The summed E-state index contributed by atoms with van der Waals surface area (Å²) >= 11 is 0. The molecule has 8 aromatic carbocycles. The van der Waals surface area contributed by atoms with Gasteiger partial charge in [0.2, 0.25) is 5.89 Å². The van der Waals surface area contributed by atoms with Crippen molar-refractivity contribution in [3.8, 4) is 33.7 Å². The number of fused-ring (bicyclic) bond motifs is 7. The van der Waals surface area contributed by atoms with Crippen LogP contribution in [0.4, 0.5) is 17.1 Å². The molecular weight excluding hydrogens is 665 g/mol. The Morgan fingerprint density at radius 1 is 0.333 bits per heavy atom. The molecule has 0 aliphatic rings. The number of rotatable bonds is 6. The zero-order valence-corrected chi connectivity index (χ0v) is 28.9. The van der Waals surface area contributed by atoms with E-state index in [1.807, 2.05) is 54.6 Å². The van der Waals surface area contributed by atoms with Gasteiger partial charge in [-0.25, -0.2) is 4.98 Å². The first-order chi connectivity index (χ1) is 26.7. The smallest absolute Gasteiger partial charge is 0.227 e. The summed E-state index contributed by atoms with van der Waals surface area (Å²) in [7, 11) is 0. The van der Waals surface area contributed by atoms with Gasteiger partial charge in [0, 0.05) is 49.7 Å². The maximum Gasteiger partial charge on any atom is 0.227 e. The van der Waals surface area contributed by atoms with Crippen LogP contribution in [0.25, 0.3) is 88.7 Å². The summed E-state index contributed by atoms with van der Waals surface area (Å²) in [5, 5.41) is 4.35. The number of oxazole rings is 1. The van der Waals surface area contributed by atoms with Crippen LogP contribution in [0.5, 0.6) is 0 Å². The number of anilines is 3. The monoisotopic (exact) mass is 694 g/mol. The van der Waals surface area contributed by atoms with Gasteiger partial charge in [-0.2, -0.15) is 0 Å². The van der Waals surface area contributed by atoms with E-state index in [4.69, 9.17) is 18.2 Å². The molecule has 54 heavy (non-hydrogen) atoms. The van der Waals surface area contributed by atoms with E-state index in [1.54, 1.807) is 0 Å².